The molecule has 0 radical (unpaired) electrons. The largest absolute Gasteiger partial charge is 0.465 e. The van der Waals surface area contributed by atoms with E-state index in [4.69, 9.17) is 4.74 Å². The lowest BCUT2D eigenvalue weighted by Crippen LogP contribution is -2.13. The van der Waals surface area contributed by atoms with Gasteiger partial charge >= 0.3 is 5.97 Å². The molecule has 6 heteroatoms. The molecule has 0 saturated heterocycles. The lowest BCUT2D eigenvalue weighted by atomic mass is 10.1. The third-order valence-corrected chi connectivity index (χ3v) is 4.24. The summed E-state index contributed by atoms with van der Waals surface area (Å²) in [5.74, 6) is -0.0583. The van der Waals surface area contributed by atoms with E-state index in [1.54, 1.807) is 13.1 Å². The Balaban J connectivity index is 2.22. The maximum atomic E-state index is 11.5. The molecule has 0 aliphatic rings. The van der Waals surface area contributed by atoms with Crippen LogP contribution in [0.25, 0.3) is 0 Å². The number of carbonyl (C=O) groups is 1. The van der Waals surface area contributed by atoms with E-state index < -0.39 is 0 Å². The van der Waals surface area contributed by atoms with E-state index in [9.17, 15) is 9.90 Å². The van der Waals surface area contributed by atoms with Crippen LogP contribution < -0.4 is 0 Å². The second-order valence-corrected chi connectivity index (χ2v) is 5.68. The Morgan fingerprint density at radius 3 is 2.77 bits per heavy atom. The minimum absolute atomic E-state index is 0.0237. The zero-order valence-corrected chi connectivity index (χ0v) is 13.5. The predicted octanol–water partition coefficient (Wildman–Crippen LogP) is 2.64. The number of imidazole rings is 1. The van der Waals surface area contributed by atoms with Crippen LogP contribution in [0.2, 0.25) is 0 Å². The van der Waals surface area contributed by atoms with Crippen LogP contribution >= 0.6 is 11.8 Å². The summed E-state index contributed by atoms with van der Waals surface area (Å²) in [6.45, 7) is 4.11. The van der Waals surface area contributed by atoms with Crippen LogP contribution in [0.3, 0.4) is 0 Å². The van der Waals surface area contributed by atoms with Crippen molar-refractivity contribution in [2.75, 3.05) is 12.4 Å². The lowest BCUT2D eigenvalue weighted by molar-refractivity contribution is -0.139. The van der Waals surface area contributed by atoms with Gasteiger partial charge in [0.2, 0.25) is 0 Å². The maximum Gasteiger partial charge on any atom is 0.316 e. The number of esters is 1. The molecule has 0 amide bonds. The molecule has 1 heterocycles. The average Bonchev–Trinajstić information content (AvgIpc) is 2.96. The Morgan fingerprint density at radius 2 is 2.14 bits per heavy atom. The quantitative estimate of drug-likeness (QED) is 0.627. The van der Waals surface area contributed by atoms with Crippen molar-refractivity contribution in [3.63, 3.8) is 0 Å². The molecule has 1 N–H and O–H groups in total. The maximum absolute atomic E-state index is 11.5. The molecular formula is C16H20N2O3S. The standard InChI is InChI=1S/C16H20N2O3S/c1-3-21-15(20)11-22-16-17-9-14(10-19)18(16)12(2)13-7-5-4-6-8-13/h4-9,12,19H,3,10-11H2,1-2H3. The number of hydrogen-bond acceptors (Lipinski definition) is 5. The van der Waals surface area contributed by atoms with Gasteiger partial charge in [-0.1, -0.05) is 42.1 Å². The van der Waals surface area contributed by atoms with E-state index in [1.807, 2.05) is 41.8 Å². The number of nitrogens with zero attached hydrogens (tertiary/aromatic N) is 2. The molecule has 0 spiro atoms. The molecule has 0 aliphatic heterocycles. The zero-order chi connectivity index (χ0) is 15.9. The molecule has 1 unspecified atom stereocenters. The number of thioether (sulfide) groups is 1. The van der Waals surface area contributed by atoms with Gasteiger partial charge in [-0.3, -0.25) is 4.79 Å². The molecule has 0 aliphatic carbocycles. The van der Waals surface area contributed by atoms with Crippen molar-refractivity contribution in [2.24, 2.45) is 0 Å². The van der Waals surface area contributed by atoms with Gasteiger partial charge in [0.25, 0.3) is 0 Å². The first-order chi connectivity index (χ1) is 10.7. The first-order valence-corrected chi connectivity index (χ1v) is 8.16. The molecule has 2 rings (SSSR count). The molecule has 5 nitrogen and oxygen atoms in total. The molecule has 0 saturated carbocycles. The highest BCUT2D eigenvalue weighted by atomic mass is 32.2. The summed E-state index contributed by atoms with van der Waals surface area (Å²) in [7, 11) is 0. The molecular weight excluding hydrogens is 300 g/mol. The summed E-state index contributed by atoms with van der Waals surface area (Å²) in [4.78, 5) is 15.8. The zero-order valence-electron chi connectivity index (χ0n) is 12.7. The van der Waals surface area contributed by atoms with Crippen LogP contribution in [0.1, 0.15) is 31.1 Å². The van der Waals surface area contributed by atoms with E-state index in [-0.39, 0.29) is 24.4 Å². The van der Waals surface area contributed by atoms with Crippen LogP contribution in [-0.2, 0) is 16.1 Å². The van der Waals surface area contributed by atoms with Crippen LogP contribution in [0.5, 0.6) is 0 Å². The topological polar surface area (TPSA) is 64.3 Å². The van der Waals surface area contributed by atoms with Gasteiger partial charge in [-0.2, -0.15) is 0 Å². The minimum atomic E-state index is -0.264. The second-order valence-electron chi connectivity index (χ2n) is 4.74. The lowest BCUT2D eigenvalue weighted by Gasteiger charge is -2.19. The Kier molecular flexibility index (Phi) is 6.03. The highest BCUT2D eigenvalue weighted by Gasteiger charge is 2.18. The smallest absolute Gasteiger partial charge is 0.316 e. The van der Waals surface area contributed by atoms with Crippen LogP contribution in [0.15, 0.2) is 41.7 Å². The Morgan fingerprint density at radius 1 is 1.41 bits per heavy atom. The van der Waals surface area contributed by atoms with Gasteiger partial charge in [-0.15, -0.1) is 0 Å². The number of carbonyl (C=O) groups excluding carboxylic acids is 1. The van der Waals surface area contributed by atoms with Crippen molar-refractivity contribution in [1.82, 2.24) is 9.55 Å². The van der Waals surface area contributed by atoms with E-state index in [1.165, 1.54) is 11.8 Å². The van der Waals surface area contributed by atoms with Crippen LogP contribution in [0.4, 0.5) is 0 Å². The van der Waals surface area contributed by atoms with Crippen molar-refractivity contribution in [2.45, 2.75) is 31.7 Å². The third kappa shape index (κ3) is 3.90. The molecule has 1 atom stereocenters. The summed E-state index contributed by atoms with van der Waals surface area (Å²) in [6.07, 6.45) is 1.65. The van der Waals surface area contributed by atoms with Gasteiger partial charge in [0.15, 0.2) is 5.16 Å². The van der Waals surface area contributed by atoms with Crippen molar-refractivity contribution >= 4 is 17.7 Å². The fourth-order valence-corrected chi connectivity index (χ4v) is 3.09. The normalized spacial score (nSPS) is 12.1. The minimum Gasteiger partial charge on any atom is -0.465 e. The van der Waals surface area contributed by atoms with Gasteiger partial charge in [0.1, 0.15) is 0 Å². The molecule has 22 heavy (non-hydrogen) atoms. The summed E-state index contributed by atoms with van der Waals surface area (Å²) in [6, 6.07) is 10.0. The number of aromatic nitrogens is 2. The van der Waals surface area contributed by atoms with Gasteiger partial charge < -0.3 is 14.4 Å². The highest BCUT2D eigenvalue weighted by Crippen LogP contribution is 2.27. The number of benzene rings is 1. The number of hydrogen-bond donors (Lipinski definition) is 1. The van der Waals surface area contributed by atoms with Gasteiger partial charge in [-0.05, 0) is 19.4 Å². The molecule has 118 valence electrons. The summed E-state index contributed by atoms with van der Waals surface area (Å²) < 4.78 is 6.89. The van der Waals surface area contributed by atoms with Crippen molar-refractivity contribution in [3.05, 3.63) is 47.8 Å². The van der Waals surface area contributed by atoms with Crippen LogP contribution in [0, 0.1) is 0 Å². The highest BCUT2D eigenvalue weighted by molar-refractivity contribution is 7.99. The second kappa shape index (κ2) is 8.00. The van der Waals surface area contributed by atoms with E-state index in [0.717, 1.165) is 11.3 Å². The number of rotatable bonds is 7. The van der Waals surface area contributed by atoms with Crippen LogP contribution in [-0.4, -0.2) is 33.0 Å². The summed E-state index contributed by atoms with van der Waals surface area (Å²) >= 11 is 1.32. The average molecular weight is 320 g/mol. The van der Waals surface area contributed by atoms with E-state index in [0.29, 0.717) is 11.8 Å². The molecule has 0 fully saturated rings. The van der Waals surface area contributed by atoms with Crippen molar-refractivity contribution in [3.8, 4) is 0 Å². The SMILES string of the molecule is CCOC(=O)CSc1ncc(CO)n1C(C)c1ccccc1. The van der Waals surface area contributed by atoms with E-state index in [2.05, 4.69) is 4.98 Å². The van der Waals surface area contributed by atoms with Gasteiger partial charge in [0.05, 0.1) is 36.9 Å². The fourth-order valence-electron chi connectivity index (χ4n) is 2.22. The predicted molar refractivity (Wildman–Crippen MR) is 85.8 cm³/mol. The number of aliphatic hydroxyl groups excluding tert-OH is 1. The third-order valence-electron chi connectivity index (χ3n) is 3.30. The number of ether oxygens (including phenoxy) is 1. The van der Waals surface area contributed by atoms with Crippen molar-refractivity contribution in [1.29, 1.82) is 0 Å². The Bertz CT molecular complexity index is 613. The summed E-state index contributed by atoms with van der Waals surface area (Å²) in [5.41, 5.74) is 1.84. The fraction of sp³-hybridized carbons (Fsp3) is 0.375. The summed E-state index contributed by atoms with van der Waals surface area (Å²) in [5, 5.41) is 10.2. The first kappa shape index (κ1) is 16.6. The molecule has 1 aromatic heterocycles. The van der Waals surface area contributed by atoms with Gasteiger partial charge in [-0.25, -0.2) is 4.98 Å². The van der Waals surface area contributed by atoms with Gasteiger partial charge in [0, 0.05) is 0 Å². The van der Waals surface area contributed by atoms with Crippen molar-refractivity contribution < 1.29 is 14.6 Å². The Hall–Kier alpha value is -1.79. The Labute approximate surface area is 134 Å². The number of aliphatic hydroxyl groups is 1. The monoisotopic (exact) mass is 320 g/mol. The first-order valence-electron chi connectivity index (χ1n) is 7.17. The molecule has 1 aromatic carbocycles. The molecule has 0 bridgehead atoms. The van der Waals surface area contributed by atoms with E-state index >= 15 is 0 Å². The molecule has 2 aromatic rings.